The molecule has 9 nitrogen and oxygen atoms in total. The maximum absolute atomic E-state index is 5.60. The summed E-state index contributed by atoms with van der Waals surface area (Å²) >= 11 is 0. The van der Waals surface area contributed by atoms with E-state index >= 15 is 0 Å². The molecule has 5 rings (SSSR count). The topological polar surface area (TPSA) is 99.7 Å². The second-order valence-corrected chi connectivity index (χ2v) is 6.19. The van der Waals surface area contributed by atoms with Crippen molar-refractivity contribution >= 4 is 17.5 Å². The van der Waals surface area contributed by atoms with Crippen LogP contribution in [0.1, 0.15) is 5.56 Å². The van der Waals surface area contributed by atoms with Crippen LogP contribution in [-0.4, -0.2) is 35.2 Å². The van der Waals surface area contributed by atoms with Crippen LogP contribution in [0.3, 0.4) is 0 Å². The molecule has 2 aliphatic rings. The second-order valence-electron chi connectivity index (χ2n) is 6.19. The molecule has 3 heterocycles. The lowest BCUT2D eigenvalue weighted by atomic mass is 10.2. The quantitative estimate of drug-likeness (QED) is 0.693. The van der Waals surface area contributed by atoms with Crippen LogP contribution in [-0.2, 0) is 6.54 Å². The molecule has 0 unspecified atom stereocenters. The van der Waals surface area contributed by atoms with Gasteiger partial charge in [-0.1, -0.05) is 6.07 Å². The third-order valence-corrected chi connectivity index (χ3v) is 4.26. The fourth-order valence-corrected chi connectivity index (χ4v) is 2.94. The van der Waals surface area contributed by atoms with Crippen molar-refractivity contribution < 1.29 is 18.9 Å². The third kappa shape index (κ3) is 3.41. The first kappa shape index (κ1) is 16.4. The van der Waals surface area contributed by atoms with Gasteiger partial charge >= 0.3 is 0 Å². The molecule has 142 valence electrons. The number of nitrogens with one attached hydrogen (secondary N) is 2. The summed E-state index contributed by atoms with van der Waals surface area (Å²) in [6.07, 6.45) is 1.56. The van der Waals surface area contributed by atoms with Gasteiger partial charge in [0.1, 0.15) is 13.2 Å². The minimum Gasteiger partial charge on any atom is -0.486 e. The van der Waals surface area contributed by atoms with Gasteiger partial charge in [0, 0.05) is 18.3 Å². The predicted molar refractivity (Wildman–Crippen MR) is 100 cm³/mol. The van der Waals surface area contributed by atoms with Gasteiger partial charge in [-0.3, -0.25) is 0 Å². The fraction of sp³-hybridized carbons (Fsp3) is 0.211. The van der Waals surface area contributed by atoms with Crippen LogP contribution in [0, 0.1) is 0 Å². The number of rotatable bonds is 5. The summed E-state index contributed by atoms with van der Waals surface area (Å²) in [5.41, 5.74) is 1.85. The van der Waals surface area contributed by atoms with E-state index in [1.165, 1.54) is 0 Å². The summed E-state index contributed by atoms with van der Waals surface area (Å²) in [7, 11) is 0. The third-order valence-electron chi connectivity index (χ3n) is 4.26. The SMILES string of the molecule is c1cc2c(cc1CNc1nncc(Nc3ccc4c(c3)OCCO4)n1)OCO2. The van der Waals surface area contributed by atoms with E-state index in [9.17, 15) is 0 Å². The molecule has 0 saturated heterocycles. The van der Waals surface area contributed by atoms with Gasteiger partial charge in [-0.25, -0.2) is 0 Å². The summed E-state index contributed by atoms with van der Waals surface area (Å²) in [6.45, 7) is 1.89. The number of benzene rings is 2. The second kappa shape index (κ2) is 7.10. The minimum atomic E-state index is 0.257. The van der Waals surface area contributed by atoms with Gasteiger partial charge in [0.05, 0.1) is 6.20 Å². The van der Waals surface area contributed by atoms with Gasteiger partial charge in [0.2, 0.25) is 12.7 Å². The number of anilines is 3. The van der Waals surface area contributed by atoms with E-state index in [-0.39, 0.29) is 6.79 Å². The van der Waals surface area contributed by atoms with E-state index in [2.05, 4.69) is 25.8 Å². The Morgan fingerprint density at radius 1 is 0.857 bits per heavy atom. The van der Waals surface area contributed by atoms with E-state index < -0.39 is 0 Å². The maximum Gasteiger partial charge on any atom is 0.244 e. The molecule has 0 saturated carbocycles. The molecule has 3 aromatic rings. The number of fused-ring (bicyclic) bond motifs is 2. The Kier molecular flexibility index (Phi) is 4.17. The van der Waals surface area contributed by atoms with Crippen molar-refractivity contribution in [3.05, 3.63) is 48.2 Å². The minimum absolute atomic E-state index is 0.257. The molecule has 0 fully saturated rings. The van der Waals surface area contributed by atoms with E-state index in [1.54, 1.807) is 6.20 Å². The average Bonchev–Trinajstić information content (AvgIpc) is 3.20. The first-order chi connectivity index (χ1) is 13.8. The molecule has 0 spiro atoms. The van der Waals surface area contributed by atoms with Crippen molar-refractivity contribution in [2.24, 2.45) is 0 Å². The van der Waals surface area contributed by atoms with Gasteiger partial charge in [0.25, 0.3) is 0 Å². The van der Waals surface area contributed by atoms with Gasteiger partial charge in [-0.05, 0) is 29.8 Å². The van der Waals surface area contributed by atoms with Crippen molar-refractivity contribution in [1.29, 1.82) is 0 Å². The Morgan fingerprint density at radius 2 is 1.64 bits per heavy atom. The molecule has 2 aromatic carbocycles. The Morgan fingerprint density at radius 3 is 2.61 bits per heavy atom. The lowest BCUT2D eigenvalue weighted by Crippen LogP contribution is -2.15. The Labute approximate surface area is 160 Å². The number of nitrogens with zero attached hydrogens (tertiary/aromatic N) is 3. The largest absolute Gasteiger partial charge is 0.486 e. The molecule has 0 radical (unpaired) electrons. The summed E-state index contributed by atoms with van der Waals surface area (Å²) in [6, 6.07) is 11.4. The lowest BCUT2D eigenvalue weighted by Gasteiger charge is -2.19. The smallest absolute Gasteiger partial charge is 0.244 e. The van der Waals surface area contributed by atoms with Crippen LogP contribution >= 0.6 is 0 Å². The highest BCUT2D eigenvalue weighted by molar-refractivity contribution is 5.61. The van der Waals surface area contributed by atoms with E-state index in [4.69, 9.17) is 18.9 Å². The first-order valence-electron chi connectivity index (χ1n) is 8.82. The molecular weight excluding hydrogens is 362 g/mol. The van der Waals surface area contributed by atoms with Gasteiger partial charge < -0.3 is 29.6 Å². The Balaban J connectivity index is 1.26. The van der Waals surface area contributed by atoms with Gasteiger partial charge in [-0.2, -0.15) is 10.1 Å². The summed E-state index contributed by atoms with van der Waals surface area (Å²) in [4.78, 5) is 4.44. The molecule has 0 atom stereocenters. The highest BCUT2D eigenvalue weighted by atomic mass is 16.7. The van der Waals surface area contributed by atoms with E-state index in [0.29, 0.717) is 37.3 Å². The highest BCUT2D eigenvalue weighted by Gasteiger charge is 2.14. The van der Waals surface area contributed by atoms with Crippen molar-refractivity contribution in [2.75, 3.05) is 30.6 Å². The zero-order valence-electron chi connectivity index (χ0n) is 14.8. The zero-order valence-corrected chi connectivity index (χ0v) is 14.8. The molecule has 9 heteroatoms. The fourth-order valence-electron chi connectivity index (χ4n) is 2.94. The zero-order chi connectivity index (χ0) is 18.8. The maximum atomic E-state index is 5.60. The number of hydrogen-bond donors (Lipinski definition) is 2. The standard InChI is InChI=1S/C19H17N5O4/c1-3-15-16(28-11-27-15)7-12(1)9-20-19-23-18(10-21-24-19)22-13-2-4-14-17(8-13)26-6-5-25-14/h1-4,7-8,10H,5-6,9,11H2,(H2,20,22,23,24). The van der Waals surface area contributed by atoms with Crippen molar-refractivity contribution in [3.8, 4) is 23.0 Å². The normalized spacial score (nSPS) is 13.9. The summed E-state index contributed by atoms with van der Waals surface area (Å²) in [5.74, 6) is 3.93. The van der Waals surface area contributed by atoms with Crippen LogP contribution in [0.5, 0.6) is 23.0 Å². The van der Waals surface area contributed by atoms with Crippen LogP contribution in [0.2, 0.25) is 0 Å². The first-order valence-corrected chi connectivity index (χ1v) is 8.82. The molecule has 1 aromatic heterocycles. The van der Waals surface area contributed by atoms with Crippen LogP contribution in [0.25, 0.3) is 0 Å². The predicted octanol–water partition coefficient (Wildman–Crippen LogP) is 2.73. The van der Waals surface area contributed by atoms with Crippen LogP contribution in [0.4, 0.5) is 17.5 Å². The molecule has 2 aliphatic heterocycles. The van der Waals surface area contributed by atoms with Crippen molar-refractivity contribution in [2.45, 2.75) is 6.54 Å². The van der Waals surface area contributed by atoms with Gasteiger partial charge in [-0.15, -0.1) is 5.10 Å². The number of ether oxygens (including phenoxy) is 4. The monoisotopic (exact) mass is 379 g/mol. The number of aromatic nitrogens is 3. The van der Waals surface area contributed by atoms with E-state index in [0.717, 1.165) is 28.5 Å². The molecule has 0 amide bonds. The van der Waals surface area contributed by atoms with Crippen molar-refractivity contribution in [1.82, 2.24) is 15.2 Å². The molecule has 0 aliphatic carbocycles. The van der Waals surface area contributed by atoms with Gasteiger partial charge in [0.15, 0.2) is 28.8 Å². The lowest BCUT2D eigenvalue weighted by molar-refractivity contribution is 0.171. The number of hydrogen-bond acceptors (Lipinski definition) is 9. The molecule has 28 heavy (non-hydrogen) atoms. The Bertz CT molecular complexity index is 1010. The van der Waals surface area contributed by atoms with Crippen LogP contribution < -0.4 is 29.6 Å². The summed E-state index contributed by atoms with van der Waals surface area (Å²) in [5, 5.41) is 14.4. The Hall–Kier alpha value is -3.75. The highest BCUT2D eigenvalue weighted by Crippen LogP contribution is 2.34. The molecule has 0 bridgehead atoms. The van der Waals surface area contributed by atoms with Crippen molar-refractivity contribution in [3.63, 3.8) is 0 Å². The van der Waals surface area contributed by atoms with Crippen LogP contribution in [0.15, 0.2) is 42.6 Å². The van der Waals surface area contributed by atoms with E-state index in [1.807, 2.05) is 36.4 Å². The average molecular weight is 379 g/mol. The molecule has 2 N–H and O–H groups in total. The molecular formula is C19H17N5O4. The summed E-state index contributed by atoms with van der Waals surface area (Å²) < 4.78 is 21.8.